The zero-order chi connectivity index (χ0) is 16.2. The number of nitrogens with one attached hydrogen (secondary N) is 1. The van der Waals surface area contributed by atoms with Gasteiger partial charge in [0.25, 0.3) is 0 Å². The van der Waals surface area contributed by atoms with Crippen LogP contribution in [-0.4, -0.2) is 38.5 Å². The minimum atomic E-state index is -0.532. The Hall–Kier alpha value is -2.08. The third-order valence-corrected chi connectivity index (χ3v) is 2.74. The molecule has 1 aromatic carbocycles. The molecule has 1 amide bonds. The first-order valence-corrected chi connectivity index (χ1v) is 7.46. The Morgan fingerprint density at radius 3 is 2.64 bits per heavy atom. The second-order valence-electron chi connectivity index (χ2n) is 4.53. The van der Waals surface area contributed by atoms with Gasteiger partial charge < -0.3 is 14.2 Å². The number of amides is 1. The standard InChI is InChI=1S/C16H23NO5/c1-3-5-9-22-16(19)17-14-8-6-7-13(12-14)15(18)21-11-10-20-4-2/h6-8,12H,3-5,9-11H2,1-2H3,(H,17,19). The Bertz CT molecular complexity index is 475. The van der Waals surface area contributed by atoms with Crippen LogP contribution in [0, 0.1) is 0 Å². The Balaban J connectivity index is 2.47. The van der Waals surface area contributed by atoms with Gasteiger partial charge in [0, 0.05) is 12.3 Å². The second-order valence-corrected chi connectivity index (χ2v) is 4.53. The Labute approximate surface area is 130 Å². The van der Waals surface area contributed by atoms with E-state index in [4.69, 9.17) is 14.2 Å². The summed E-state index contributed by atoms with van der Waals surface area (Å²) in [4.78, 5) is 23.4. The van der Waals surface area contributed by atoms with Crippen LogP contribution in [0.2, 0.25) is 0 Å². The van der Waals surface area contributed by atoms with E-state index in [0.717, 1.165) is 12.8 Å². The minimum absolute atomic E-state index is 0.198. The van der Waals surface area contributed by atoms with Crippen molar-refractivity contribution in [3.63, 3.8) is 0 Å². The predicted molar refractivity (Wildman–Crippen MR) is 83.1 cm³/mol. The zero-order valence-electron chi connectivity index (χ0n) is 13.1. The molecule has 0 saturated heterocycles. The van der Waals surface area contributed by atoms with Crippen molar-refractivity contribution < 1.29 is 23.8 Å². The second kappa shape index (κ2) is 10.6. The first-order chi connectivity index (χ1) is 10.7. The molecule has 0 fully saturated rings. The highest BCUT2D eigenvalue weighted by atomic mass is 16.6. The summed E-state index contributed by atoms with van der Waals surface area (Å²) in [6.07, 6.45) is 1.24. The number of unbranched alkanes of at least 4 members (excludes halogenated alkanes) is 1. The maximum atomic E-state index is 11.8. The fourth-order valence-corrected chi connectivity index (χ4v) is 1.61. The molecule has 6 nitrogen and oxygen atoms in total. The summed E-state index contributed by atoms with van der Waals surface area (Å²) in [7, 11) is 0. The van der Waals surface area contributed by atoms with E-state index in [2.05, 4.69) is 5.32 Å². The third-order valence-electron chi connectivity index (χ3n) is 2.74. The molecule has 1 rings (SSSR count). The molecule has 0 bridgehead atoms. The minimum Gasteiger partial charge on any atom is -0.460 e. The molecule has 0 radical (unpaired) electrons. The quantitative estimate of drug-likeness (QED) is 0.560. The number of benzene rings is 1. The fraction of sp³-hybridized carbons (Fsp3) is 0.500. The summed E-state index contributed by atoms with van der Waals surface area (Å²) < 4.78 is 15.1. The van der Waals surface area contributed by atoms with Gasteiger partial charge in [0.1, 0.15) is 6.61 Å². The highest BCUT2D eigenvalue weighted by molar-refractivity contribution is 5.92. The van der Waals surface area contributed by atoms with Gasteiger partial charge in [-0.15, -0.1) is 0 Å². The molecule has 0 heterocycles. The Kier molecular flexibility index (Phi) is 8.67. The molecular weight excluding hydrogens is 286 g/mol. The number of carbonyl (C=O) groups excluding carboxylic acids is 2. The summed E-state index contributed by atoms with van der Waals surface area (Å²) in [6.45, 7) is 5.41. The number of carbonyl (C=O) groups is 2. The van der Waals surface area contributed by atoms with Gasteiger partial charge in [-0.25, -0.2) is 9.59 Å². The van der Waals surface area contributed by atoms with Crippen molar-refractivity contribution in [2.45, 2.75) is 26.7 Å². The number of hydrogen-bond donors (Lipinski definition) is 1. The van der Waals surface area contributed by atoms with Crippen LogP contribution < -0.4 is 5.32 Å². The molecule has 0 aromatic heterocycles. The van der Waals surface area contributed by atoms with E-state index in [1.165, 1.54) is 0 Å². The van der Waals surface area contributed by atoms with Gasteiger partial charge in [0.05, 0.1) is 18.8 Å². The van der Waals surface area contributed by atoms with Crippen LogP contribution in [0.5, 0.6) is 0 Å². The van der Waals surface area contributed by atoms with Crippen molar-refractivity contribution in [2.24, 2.45) is 0 Å². The summed E-state index contributed by atoms with van der Waals surface area (Å²) in [5.74, 6) is -0.456. The van der Waals surface area contributed by atoms with Crippen molar-refractivity contribution in [3.8, 4) is 0 Å². The summed E-state index contributed by atoms with van der Waals surface area (Å²) in [5.41, 5.74) is 0.851. The van der Waals surface area contributed by atoms with Crippen LogP contribution in [-0.2, 0) is 14.2 Å². The normalized spacial score (nSPS) is 10.1. The van der Waals surface area contributed by atoms with Gasteiger partial charge in [-0.1, -0.05) is 19.4 Å². The van der Waals surface area contributed by atoms with Crippen molar-refractivity contribution in [1.82, 2.24) is 0 Å². The molecule has 22 heavy (non-hydrogen) atoms. The van der Waals surface area contributed by atoms with Crippen molar-refractivity contribution >= 4 is 17.7 Å². The lowest BCUT2D eigenvalue weighted by Gasteiger charge is -2.08. The zero-order valence-corrected chi connectivity index (χ0v) is 13.1. The van der Waals surface area contributed by atoms with Crippen molar-refractivity contribution in [2.75, 3.05) is 31.7 Å². The molecule has 0 spiro atoms. The van der Waals surface area contributed by atoms with Gasteiger partial charge in [0.15, 0.2) is 0 Å². The topological polar surface area (TPSA) is 73.9 Å². The SMILES string of the molecule is CCCCOC(=O)Nc1cccc(C(=O)OCCOCC)c1. The number of ether oxygens (including phenoxy) is 3. The Morgan fingerprint density at radius 1 is 1.09 bits per heavy atom. The molecule has 0 saturated carbocycles. The van der Waals surface area contributed by atoms with Crippen molar-refractivity contribution in [3.05, 3.63) is 29.8 Å². The van der Waals surface area contributed by atoms with E-state index >= 15 is 0 Å². The van der Waals surface area contributed by atoms with E-state index in [-0.39, 0.29) is 6.61 Å². The monoisotopic (exact) mass is 309 g/mol. The van der Waals surface area contributed by atoms with Gasteiger partial charge in [-0.05, 0) is 31.5 Å². The van der Waals surface area contributed by atoms with Gasteiger partial charge in [-0.2, -0.15) is 0 Å². The van der Waals surface area contributed by atoms with Crippen LogP contribution in [0.4, 0.5) is 10.5 Å². The molecule has 6 heteroatoms. The predicted octanol–water partition coefficient (Wildman–Crippen LogP) is 3.23. The molecule has 0 unspecified atom stereocenters. The number of esters is 1. The first kappa shape index (κ1) is 18.0. The first-order valence-electron chi connectivity index (χ1n) is 7.46. The molecule has 0 aliphatic rings. The molecule has 0 aliphatic heterocycles. The molecule has 1 N–H and O–H groups in total. The largest absolute Gasteiger partial charge is 0.460 e. The highest BCUT2D eigenvalue weighted by Gasteiger charge is 2.09. The maximum absolute atomic E-state index is 11.8. The number of hydrogen-bond acceptors (Lipinski definition) is 5. The molecular formula is C16H23NO5. The lowest BCUT2D eigenvalue weighted by atomic mass is 10.2. The molecule has 0 atom stereocenters. The van der Waals surface area contributed by atoms with Crippen molar-refractivity contribution in [1.29, 1.82) is 0 Å². The Morgan fingerprint density at radius 2 is 1.91 bits per heavy atom. The molecule has 0 aliphatic carbocycles. The summed E-state index contributed by atoms with van der Waals surface area (Å²) >= 11 is 0. The lowest BCUT2D eigenvalue weighted by molar-refractivity contribution is 0.0335. The fourth-order valence-electron chi connectivity index (χ4n) is 1.61. The van der Waals surface area contributed by atoms with Crippen LogP contribution in [0.15, 0.2) is 24.3 Å². The van der Waals surface area contributed by atoms with E-state index in [1.54, 1.807) is 24.3 Å². The van der Waals surface area contributed by atoms with E-state index in [0.29, 0.717) is 31.1 Å². The highest BCUT2D eigenvalue weighted by Crippen LogP contribution is 2.12. The van der Waals surface area contributed by atoms with E-state index < -0.39 is 12.1 Å². The average molecular weight is 309 g/mol. The van der Waals surface area contributed by atoms with E-state index in [9.17, 15) is 9.59 Å². The lowest BCUT2D eigenvalue weighted by Crippen LogP contribution is -2.15. The average Bonchev–Trinajstić information content (AvgIpc) is 2.52. The number of rotatable bonds is 9. The molecule has 122 valence electrons. The maximum Gasteiger partial charge on any atom is 0.411 e. The smallest absolute Gasteiger partial charge is 0.411 e. The van der Waals surface area contributed by atoms with Crippen LogP contribution in [0.3, 0.4) is 0 Å². The summed E-state index contributed by atoms with van der Waals surface area (Å²) in [6, 6.07) is 6.51. The van der Waals surface area contributed by atoms with Gasteiger partial charge in [-0.3, -0.25) is 5.32 Å². The van der Waals surface area contributed by atoms with Crippen LogP contribution >= 0.6 is 0 Å². The molecule has 1 aromatic rings. The van der Waals surface area contributed by atoms with Crippen LogP contribution in [0.1, 0.15) is 37.0 Å². The van der Waals surface area contributed by atoms with Gasteiger partial charge in [0.2, 0.25) is 0 Å². The van der Waals surface area contributed by atoms with E-state index in [1.807, 2.05) is 13.8 Å². The van der Waals surface area contributed by atoms with Gasteiger partial charge >= 0.3 is 12.1 Å². The van der Waals surface area contributed by atoms with Crippen LogP contribution in [0.25, 0.3) is 0 Å². The summed E-state index contributed by atoms with van der Waals surface area (Å²) in [5, 5.41) is 2.58. The number of anilines is 1. The third kappa shape index (κ3) is 7.08.